The summed E-state index contributed by atoms with van der Waals surface area (Å²) in [6.07, 6.45) is -0.890. The fourth-order valence-corrected chi connectivity index (χ4v) is 2.73. The van der Waals surface area contributed by atoms with Crippen molar-refractivity contribution in [1.29, 1.82) is 0 Å². The average molecular weight is 391 g/mol. The van der Waals surface area contributed by atoms with Gasteiger partial charge in [-0.25, -0.2) is 9.18 Å². The minimum Gasteiger partial charge on any atom is -0.391 e. The second kappa shape index (κ2) is 7.78. The van der Waals surface area contributed by atoms with Crippen molar-refractivity contribution >= 4 is 11.7 Å². The zero-order valence-electron chi connectivity index (χ0n) is 15.8. The lowest BCUT2D eigenvalue weighted by Gasteiger charge is -2.19. The highest BCUT2D eigenvalue weighted by Crippen LogP contribution is 2.23. The molecule has 1 aliphatic rings. The highest BCUT2D eigenvalue weighted by atomic mass is 19.1. The third kappa shape index (κ3) is 4.27. The molecule has 0 unspecified atom stereocenters. The van der Waals surface area contributed by atoms with Crippen LogP contribution in [-0.4, -0.2) is 40.1 Å². The first kappa shape index (κ1) is 20.1. The first-order valence-corrected chi connectivity index (χ1v) is 8.77. The van der Waals surface area contributed by atoms with Crippen LogP contribution in [-0.2, 0) is 14.9 Å². The van der Waals surface area contributed by atoms with E-state index in [1.54, 1.807) is 12.1 Å². The lowest BCUT2D eigenvalue weighted by Crippen LogP contribution is -2.30. The summed E-state index contributed by atoms with van der Waals surface area (Å²) in [5.41, 5.74) is 0.494. The number of hydrogen-bond acceptors (Lipinski definition) is 6. The van der Waals surface area contributed by atoms with Crippen LogP contribution in [0.4, 0.5) is 10.2 Å². The number of benzene rings is 1. The first-order chi connectivity index (χ1) is 13.2. The molecule has 0 radical (unpaired) electrons. The molecule has 1 fully saturated rings. The summed E-state index contributed by atoms with van der Waals surface area (Å²) >= 11 is 0. The van der Waals surface area contributed by atoms with E-state index in [-0.39, 0.29) is 18.6 Å². The molecule has 0 bridgehead atoms. The number of ether oxygens (including phenoxy) is 2. The molecule has 1 aromatic heterocycles. The minimum absolute atomic E-state index is 0.0297. The molecule has 0 saturated carbocycles. The van der Waals surface area contributed by atoms with Crippen LogP contribution in [0.25, 0.3) is 0 Å². The Balaban J connectivity index is 1.76. The van der Waals surface area contributed by atoms with Crippen LogP contribution in [0.3, 0.4) is 0 Å². The molecular weight excluding hydrogens is 369 g/mol. The Labute approximate surface area is 160 Å². The Morgan fingerprint density at radius 3 is 2.61 bits per heavy atom. The van der Waals surface area contributed by atoms with Crippen molar-refractivity contribution in [2.75, 3.05) is 18.5 Å². The van der Waals surface area contributed by atoms with Gasteiger partial charge in [-0.1, -0.05) is 32.9 Å². The molecule has 8 nitrogen and oxygen atoms in total. The molecule has 2 heterocycles. The number of nitrogens with one attached hydrogen (secondary N) is 1. The Morgan fingerprint density at radius 2 is 2.04 bits per heavy atom. The Hall–Kier alpha value is -2.62. The van der Waals surface area contributed by atoms with Gasteiger partial charge in [0.15, 0.2) is 24.2 Å². The third-order valence-corrected chi connectivity index (χ3v) is 4.34. The lowest BCUT2D eigenvalue weighted by molar-refractivity contribution is -0.0993. The van der Waals surface area contributed by atoms with Gasteiger partial charge in [-0.05, 0) is 23.1 Å². The van der Waals surface area contributed by atoms with Crippen molar-refractivity contribution in [1.82, 2.24) is 9.55 Å². The molecule has 1 amide bonds. The zero-order valence-corrected chi connectivity index (χ0v) is 15.8. The smallest absolute Gasteiger partial charge is 0.351 e. The Bertz CT molecular complexity index is 921. The van der Waals surface area contributed by atoms with Crippen LogP contribution < -0.4 is 11.0 Å². The van der Waals surface area contributed by atoms with E-state index in [1.165, 1.54) is 0 Å². The van der Waals surface area contributed by atoms with Gasteiger partial charge in [0.2, 0.25) is 0 Å². The van der Waals surface area contributed by atoms with Gasteiger partial charge in [0.25, 0.3) is 5.91 Å². The van der Waals surface area contributed by atoms with Crippen molar-refractivity contribution in [3.05, 3.63) is 57.9 Å². The van der Waals surface area contributed by atoms with Crippen LogP contribution in [0.2, 0.25) is 0 Å². The van der Waals surface area contributed by atoms with Crippen LogP contribution in [0.5, 0.6) is 0 Å². The summed E-state index contributed by atoms with van der Waals surface area (Å²) in [5.74, 6) is -1.94. The van der Waals surface area contributed by atoms with Crippen molar-refractivity contribution < 1.29 is 23.8 Å². The summed E-state index contributed by atoms with van der Waals surface area (Å²) < 4.78 is 25.6. The van der Waals surface area contributed by atoms with E-state index >= 15 is 0 Å². The van der Waals surface area contributed by atoms with Gasteiger partial charge in [-0.15, -0.1) is 0 Å². The van der Waals surface area contributed by atoms with Crippen LogP contribution in [0.15, 0.2) is 35.3 Å². The maximum atomic E-state index is 14.4. The number of rotatable bonds is 4. The van der Waals surface area contributed by atoms with E-state index in [4.69, 9.17) is 14.6 Å². The topological polar surface area (TPSA) is 103 Å². The second-order valence-electron chi connectivity index (χ2n) is 7.44. The van der Waals surface area contributed by atoms with Gasteiger partial charge in [0, 0.05) is 5.56 Å². The second-order valence-corrected chi connectivity index (χ2v) is 7.44. The number of amides is 1. The van der Waals surface area contributed by atoms with E-state index in [0.29, 0.717) is 5.56 Å². The average Bonchev–Trinajstić information content (AvgIpc) is 3.12. The van der Waals surface area contributed by atoms with Crippen LogP contribution >= 0.6 is 0 Å². The minimum atomic E-state index is -0.902. The molecule has 9 heteroatoms. The molecule has 2 aromatic rings. The standard InChI is InChI=1S/C19H22FN3O5/c1-19(2,3)12-6-4-11(5-7-12)17(25)21-16-13(20)8-23(18(26)22-16)14-10-27-15(9-24)28-14/h4-8,14-15,24H,9-10H2,1-3H3,(H,21,22,25,26)/t14-,15-/m1/s1. The zero-order chi connectivity index (χ0) is 20.5. The summed E-state index contributed by atoms with van der Waals surface area (Å²) in [6, 6.07) is 6.92. The maximum absolute atomic E-state index is 14.4. The molecule has 0 aliphatic carbocycles. The van der Waals surface area contributed by atoms with Gasteiger partial charge in [-0.3, -0.25) is 9.36 Å². The van der Waals surface area contributed by atoms with Crippen LogP contribution in [0, 0.1) is 5.82 Å². The fraction of sp³-hybridized carbons (Fsp3) is 0.421. The number of anilines is 1. The molecule has 0 spiro atoms. The van der Waals surface area contributed by atoms with Gasteiger partial charge in [0.1, 0.15) is 0 Å². The van der Waals surface area contributed by atoms with Crippen molar-refractivity contribution in [3.63, 3.8) is 0 Å². The summed E-state index contributed by atoms with van der Waals surface area (Å²) in [5, 5.41) is 11.3. The van der Waals surface area contributed by atoms with E-state index in [2.05, 4.69) is 31.1 Å². The van der Waals surface area contributed by atoms with Crippen molar-refractivity contribution in [2.45, 2.75) is 38.7 Å². The number of halogens is 1. The number of aliphatic hydroxyl groups is 1. The van der Waals surface area contributed by atoms with Gasteiger partial charge < -0.3 is 19.9 Å². The van der Waals surface area contributed by atoms with E-state index in [9.17, 15) is 14.0 Å². The maximum Gasteiger partial charge on any atom is 0.351 e. The molecule has 28 heavy (non-hydrogen) atoms. The SMILES string of the molecule is CC(C)(C)c1ccc(C(=O)Nc2nc(=O)n([C@H]3CO[C@@H](CO)O3)cc2F)cc1. The highest BCUT2D eigenvalue weighted by Gasteiger charge is 2.28. The van der Waals surface area contributed by atoms with E-state index < -0.39 is 35.7 Å². The number of aromatic nitrogens is 2. The number of aliphatic hydroxyl groups excluding tert-OH is 1. The normalized spacial score (nSPS) is 19.6. The molecule has 150 valence electrons. The fourth-order valence-electron chi connectivity index (χ4n) is 2.73. The quantitative estimate of drug-likeness (QED) is 0.824. The molecule has 1 aromatic carbocycles. The van der Waals surface area contributed by atoms with Crippen molar-refractivity contribution in [3.8, 4) is 0 Å². The number of carbonyl (C=O) groups excluding carboxylic acids is 1. The van der Waals surface area contributed by atoms with E-state index in [1.807, 2.05) is 12.1 Å². The molecule has 1 saturated heterocycles. The summed E-state index contributed by atoms with van der Waals surface area (Å²) in [6.45, 7) is 5.75. The largest absolute Gasteiger partial charge is 0.391 e. The highest BCUT2D eigenvalue weighted by molar-refractivity contribution is 6.03. The van der Waals surface area contributed by atoms with Crippen LogP contribution in [0.1, 0.15) is 42.9 Å². The molecular formula is C19H22FN3O5. The Morgan fingerprint density at radius 1 is 1.36 bits per heavy atom. The third-order valence-electron chi connectivity index (χ3n) is 4.34. The Kier molecular flexibility index (Phi) is 5.59. The number of nitrogens with zero attached hydrogens (tertiary/aromatic N) is 2. The van der Waals surface area contributed by atoms with E-state index in [0.717, 1.165) is 16.3 Å². The first-order valence-electron chi connectivity index (χ1n) is 8.77. The summed E-state index contributed by atoms with van der Waals surface area (Å²) in [7, 11) is 0. The van der Waals surface area contributed by atoms with Crippen molar-refractivity contribution in [2.24, 2.45) is 0 Å². The van der Waals surface area contributed by atoms with Gasteiger partial charge in [0.05, 0.1) is 19.4 Å². The molecule has 3 rings (SSSR count). The number of carbonyl (C=O) groups is 1. The predicted octanol–water partition coefficient (Wildman–Crippen LogP) is 1.80. The lowest BCUT2D eigenvalue weighted by atomic mass is 9.87. The molecule has 2 N–H and O–H groups in total. The molecule has 1 aliphatic heterocycles. The summed E-state index contributed by atoms with van der Waals surface area (Å²) in [4.78, 5) is 28.1. The number of hydrogen-bond donors (Lipinski definition) is 2. The molecule has 2 atom stereocenters. The van der Waals surface area contributed by atoms with Gasteiger partial charge >= 0.3 is 5.69 Å². The van der Waals surface area contributed by atoms with Gasteiger partial charge in [-0.2, -0.15) is 4.98 Å². The predicted molar refractivity (Wildman–Crippen MR) is 98.5 cm³/mol. The monoisotopic (exact) mass is 391 g/mol.